The molecule has 6 aromatic carbocycles. The van der Waals surface area contributed by atoms with E-state index in [-0.39, 0.29) is 5.41 Å². The van der Waals surface area contributed by atoms with E-state index in [1.807, 2.05) is 0 Å². The minimum absolute atomic E-state index is 0.0130. The van der Waals surface area contributed by atoms with Crippen LogP contribution in [0.15, 0.2) is 145 Å². The van der Waals surface area contributed by atoms with Gasteiger partial charge in [0.2, 0.25) is 0 Å². The molecule has 0 fully saturated rings. The van der Waals surface area contributed by atoms with Gasteiger partial charge >= 0.3 is 0 Å². The Kier molecular flexibility index (Phi) is 6.80. The molecule has 0 N–H and O–H groups in total. The molecule has 0 aromatic heterocycles. The molecule has 2 aliphatic carbocycles. The van der Waals surface area contributed by atoms with Gasteiger partial charge in [-0.2, -0.15) is 0 Å². The largest absolute Gasteiger partial charge is 0.310 e. The third-order valence-corrected chi connectivity index (χ3v) is 10.3. The number of nitrogens with zero attached hydrogens (tertiary/aromatic N) is 1. The fourth-order valence-corrected chi connectivity index (χ4v) is 7.85. The highest BCUT2D eigenvalue weighted by molar-refractivity contribution is 6.02. The normalized spacial score (nSPS) is 14.8. The van der Waals surface area contributed by atoms with E-state index in [4.69, 9.17) is 0 Å². The number of fused-ring (bicyclic) bond motifs is 4. The molecule has 2 aliphatic rings. The van der Waals surface area contributed by atoms with Gasteiger partial charge in [0.15, 0.2) is 0 Å². The Hall–Kier alpha value is -5.14. The monoisotopic (exact) mass is 593 g/mol. The van der Waals surface area contributed by atoms with Crippen molar-refractivity contribution in [2.45, 2.75) is 46.0 Å². The van der Waals surface area contributed by atoms with Gasteiger partial charge in [-0.15, -0.1) is 0 Å². The van der Waals surface area contributed by atoms with E-state index in [0.29, 0.717) is 0 Å². The van der Waals surface area contributed by atoms with Crippen molar-refractivity contribution >= 4 is 33.4 Å². The van der Waals surface area contributed by atoms with Crippen LogP contribution in [0.1, 0.15) is 55.9 Å². The SMILES string of the molecule is CC1=C(c2cc3ccccc3c(-c3ccc(N(c4ccccc4)c4ccc5c(c4)-c4ccccc4C5(C)C)cc3)c2C)C=CCC1. The molecule has 46 heavy (non-hydrogen) atoms. The number of hydrogen-bond acceptors (Lipinski definition) is 1. The smallest absolute Gasteiger partial charge is 0.0468 e. The van der Waals surface area contributed by atoms with Crippen LogP contribution in [0.5, 0.6) is 0 Å². The Morgan fingerprint density at radius 2 is 1.26 bits per heavy atom. The molecule has 8 rings (SSSR count). The minimum atomic E-state index is -0.0130. The molecular weight excluding hydrogens is 555 g/mol. The zero-order chi connectivity index (χ0) is 31.4. The first kappa shape index (κ1) is 28.3. The summed E-state index contributed by atoms with van der Waals surface area (Å²) in [6.07, 6.45) is 6.91. The lowest BCUT2D eigenvalue weighted by molar-refractivity contribution is 0.660. The number of allylic oxidation sites excluding steroid dienone is 4. The average Bonchev–Trinajstić information content (AvgIpc) is 3.32. The van der Waals surface area contributed by atoms with Crippen molar-refractivity contribution in [3.8, 4) is 22.3 Å². The van der Waals surface area contributed by atoms with E-state index in [9.17, 15) is 0 Å². The zero-order valence-corrected chi connectivity index (χ0v) is 27.1. The first-order valence-electron chi connectivity index (χ1n) is 16.5. The fourth-order valence-electron chi connectivity index (χ4n) is 7.85. The summed E-state index contributed by atoms with van der Waals surface area (Å²) in [6, 6.07) is 47.1. The Morgan fingerprint density at radius 1 is 0.587 bits per heavy atom. The molecule has 1 nitrogen and oxygen atoms in total. The lowest BCUT2D eigenvalue weighted by atomic mass is 9.82. The predicted octanol–water partition coefficient (Wildman–Crippen LogP) is 12.7. The van der Waals surface area contributed by atoms with Gasteiger partial charge in [-0.25, -0.2) is 0 Å². The molecule has 0 radical (unpaired) electrons. The number of benzene rings is 6. The highest BCUT2D eigenvalue weighted by Gasteiger charge is 2.35. The third-order valence-electron chi connectivity index (χ3n) is 10.3. The van der Waals surface area contributed by atoms with Crippen LogP contribution in [-0.4, -0.2) is 0 Å². The molecule has 0 unspecified atom stereocenters. The summed E-state index contributed by atoms with van der Waals surface area (Å²) in [7, 11) is 0. The van der Waals surface area contributed by atoms with Gasteiger partial charge in [-0.1, -0.05) is 117 Å². The number of rotatable bonds is 5. The second-order valence-electron chi connectivity index (χ2n) is 13.4. The van der Waals surface area contributed by atoms with Gasteiger partial charge in [-0.3, -0.25) is 0 Å². The maximum atomic E-state index is 2.39. The number of para-hydroxylation sites is 1. The van der Waals surface area contributed by atoms with Crippen molar-refractivity contribution in [2.24, 2.45) is 0 Å². The summed E-state index contributed by atoms with van der Waals surface area (Å²) in [6.45, 7) is 9.27. The quantitative estimate of drug-likeness (QED) is 0.192. The number of hydrogen-bond donors (Lipinski definition) is 0. The van der Waals surface area contributed by atoms with Crippen LogP contribution in [0.3, 0.4) is 0 Å². The minimum Gasteiger partial charge on any atom is -0.310 e. The van der Waals surface area contributed by atoms with E-state index in [1.54, 1.807) is 0 Å². The van der Waals surface area contributed by atoms with Crippen molar-refractivity contribution in [1.29, 1.82) is 0 Å². The molecule has 0 amide bonds. The summed E-state index contributed by atoms with van der Waals surface area (Å²) < 4.78 is 0. The van der Waals surface area contributed by atoms with Gasteiger partial charge in [0.1, 0.15) is 0 Å². The molecule has 0 heterocycles. The summed E-state index contributed by atoms with van der Waals surface area (Å²) in [5.74, 6) is 0. The predicted molar refractivity (Wildman–Crippen MR) is 197 cm³/mol. The van der Waals surface area contributed by atoms with E-state index in [0.717, 1.165) is 24.2 Å². The van der Waals surface area contributed by atoms with Crippen molar-refractivity contribution < 1.29 is 0 Å². The first-order chi connectivity index (χ1) is 22.4. The van der Waals surface area contributed by atoms with Gasteiger partial charge in [-0.05, 0) is 130 Å². The maximum absolute atomic E-state index is 2.39. The fraction of sp³-hybridized carbons (Fsp3) is 0.156. The van der Waals surface area contributed by atoms with Crippen LogP contribution < -0.4 is 4.90 Å². The lowest BCUT2D eigenvalue weighted by Crippen LogP contribution is -2.15. The van der Waals surface area contributed by atoms with Crippen molar-refractivity contribution in [3.05, 3.63) is 167 Å². The molecule has 0 saturated heterocycles. The van der Waals surface area contributed by atoms with Gasteiger partial charge < -0.3 is 4.90 Å². The van der Waals surface area contributed by atoms with Gasteiger partial charge in [0, 0.05) is 22.5 Å². The second-order valence-corrected chi connectivity index (χ2v) is 13.4. The Bertz CT molecular complexity index is 2180. The van der Waals surface area contributed by atoms with Crippen molar-refractivity contribution in [3.63, 3.8) is 0 Å². The van der Waals surface area contributed by atoms with E-state index >= 15 is 0 Å². The lowest BCUT2D eigenvalue weighted by Gasteiger charge is -2.27. The van der Waals surface area contributed by atoms with E-state index in [1.165, 1.54) is 72.1 Å². The van der Waals surface area contributed by atoms with Crippen LogP contribution in [0.4, 0.5) is 17.1 Å². The second kappa shape index (κ2) is 11.0. The molecule has 6 aromatic rings. The average molecular weight is 594 g/mol. The van der Waals surface area contributed by atoms with E-state index < -0.39 is 0 Å². The maximum Gasteiger partial charge on any atom is 0.0468 e. The summed E-state index contributed by atoms with van der Waals surface area (Å²) in [5.41, 5.74) is 17.0. The first-order valence-corrected chi connectivity index (χ1v) is 16.5. The molecule has 1 heteroatoms. The van der Waals surface area contributed by atoms with E-state index in [2.05, 4.69) is 172 Å². The van der Waals surface area contributed by atoms with Crippen LogP contribution in [0.25, 0.3) is 38.6 Å². The summed E-state index contributed by atoms with van der Waals surface area (Å²) in [5, 5.41) is 2.59. The standard InChI is InChI=1S/C45H39N/c1-30-14-8-10-18-37(30)40-28-33-15-9-11-19-38(33)44(31(40)2)32-22-24-35(25-23-32)46(34-16-6-5-7-17-34)36-26-27-43-41(29-36)39-20-12-13-21-42(39)45(43,3)4/h5-7,9-13,15-29H,8,14H2,1-4H3. The van der Waals surface area contributed by atoms with Gasteiger partial charge in [0.25, 0.3) is 0 Å². The highest BCUT2D eigenvalue weighted by atomic mass is 15.1. The summed E-state index contributed by atoms with van der Waals surface area (Å²) >= 11 is 0. The Labute approximate surface area is 273 Å². The van der Waals surface area contributed by atoms with Crippen LogP contribution in [0, 0.1) is 6.92 Å². The molecule has 0 bridgehead atoms. The highest BCUT2D eigenvalue weighted by Crippen LogP contribution is 2.50. The Morgan fingerprint density at radius 3 is 2.07 bits per heavy atom. The van der Waals surface area contributed by atoms with Crippen LogP contribution in [0.2, 0.25) is 0 Å². The summed E-state index contributed by atoms with van der Waals surface area (Å²) in [4.78, 5) is 2.39. The molecule has 0 aliphatic heterocycles. The van der Waals surface area contributed by atoms with Crippen LogP contribution in [-0.2, 0) is 5.41 Å². The molecular formula is C45H39N. The van der Waals surface area contributed by atoms with Crippen molar-refractivity contribution in [1.82, 2.24) is 0 Å². The topological polar surface area (TPSA) is 3.24 Å². The Balaban J connectivity index is 1.26. The molecule has 0 saturated carbocycles. The molecule has 0 spiro atoms. The third kappa shape index (κ3) is 4.53. The zero-order valence-electron chi connectivity index (χ0n) is 27.1. The number of anilines is 3. The van der Waals surface area contributed by atoms with Crippen molar-refractivity contribution in [2.75, 3.05) is 4.90 Å². The molecule has 0 atom stereocenters. The molecule has 224 valence electrons. The van der Waals surface area contributed by atoms with Crippen LogP contribution >= 0.6 is 0 Å². The van der Waals surface area contributed by atoms with Gasteiger partial charge in [0.05, 0.1) is 0 Å².